The third kappa shape index (κ3) is 3.10. The number of oxime groups is 1. The van der Waals surface area contributed by atoms with Gasteiger partial charge in [-0.3, -0.25) is 0 Å². The zero-order valence-corrected chi connectivity index (χ0v) is 11.3. The van der Waals surface area contributed by atoms with Crippen molar-refractivity contribution in [3.8, 4) is 0 Å². The predicted molar refractivity (Wildman–Crippen MR) is 66.3 cm³/mol. The van der Waals surface area contributed by atoms with Crippen LogP contribution in [0.15, 0.2) is 5.16 Å². The second-order valence-corrected chi connectivity index (χ2v) is 7.87. The van der Waals surface area contributed by atoms with Crippen molar-refractivity contribution in [1.29, 1.82) is 0 Å². The smallest absolute Gasteiger partial charge is 0.216 e. The van der Waals surface area contributed by atoms with Crippen molar-refractivity contribution in [2.45, 2.75) is 50.8 Å². The van der Waals surface area contributed by atoms with Gasteiger partial charge in [0.1, 0.15) is 5.84 Å². The minimum absolute atomic E-state index is 0.101. The molecule has 2 unspecified atom stereocenters. The van der Waals surface area contributed by atoms with Crippen LogP contribution in [0.4, 0.5) is 0 Å². The highest BCUT2D eigenvalue weighted by Crippen LogP contribution is 2.28. The SMILES string of the molecule is CC(C)(C)S(=O)(=O)NC1CCCC1C(N)=NO. The molecule has 7 heteroatoms. The molecule has 1 saturated carbocycles. The Kier molecular flexibility index (Phi) is 4.03. The Morgan fingerprint density at radius 1 is 1.41 bits per heavy atom. The van der Waals surface area contributed by atoms with Gasteiger partial charge in [0.25, 0.3) is 0 Å². The lowest BCUT2D eigenvalue weighted by Gasteiger charge is -2.25. The van der Waals surface area contributed by atoms with Gasteiger partial charge in [0.2, 0.25) is 10.0 Å². The second-order valence-electron chi connectivity index (χ2n) is 5.40. The first-order valence-corrected chi connectivity index (χ1v) is 7.16. The molecule has 0 bridgehead atoms. The van der Waals surface area contributed by atoms with E-state index in [1.165, 1.54) is 0 Å². The highest BCUT2D eigenvalue weighted by atomic mass is 32.2. The molecule has 1 aliphatic carbocycles. The highest BCUT2D eigenvalue weighted by molar-refractivity contribution is 7.90. The van der Waals surface area contributed by atoms with Crippen LogP contribution in [0.3, 0.4) is 0 Å². The number of nitrogens with two attached hydrogens (primary N) is 1. The maximum atomic E-state index is 12.0. The molecule has 17 heavy (non-hydrogen) atoms. The first kappa shape index (κ1) is 14.2. The lowest BCUT2D eigenvalue weighted by molar-refractivity contribution is 0.312. The number of rotatable bonds is 3. The van der Waals surface area contributed by atoms with Crippen LogP contribution in [0, 0.1) is 5.92 Å². The molecule has 0 radical (unpaired) electrons. The van der Waals surface area contributed by atoms with Crippen LogP contribution in [0.25, 0.3) is 0 Å². The molecule has 6 nitrogen and oxygen atoms in total. The van der Waals surface area contributed by atoms with Gasteiger partial charge in [-0.05, 0) is 33.6 Å². The molecule has 0 aromatic carbocycles. The molecule has 0 saturated heterocycles. The molecule has 0 spiro atoms. The van der Waals surface area contributed by atoms with Crippen molar-refractivity contribution in [3.05, 3.63) is 0 Å². The van der Waals surface area contributed by atoms with Gasteiger partial charge in [-0.25, -0.2) is 13.1 Å². The van der Waals surface area contributed by atoms with E-state index in [0.717, 1.165) is 19.3 Å². The number of amidine groups is 1. The lowest BCUT2D eigenvalue weighted by Crippen LogP contribution is -2.48. The van der Waals surface area contributed by atoms with E-state index in [9.17, 15) is 8.42 Å². The summed E-state index contributed by atoms with van der Waals surface area (Å²) in [6.45, 7) is 4.92. The Morgan fingerprint density at radius 2 is 2.00 bits per heavy atom. The van der Waals surface area contributed by atoms with E-state index in [1.54, 1.807) is 20.8 Å². The van der Waals surface area contributed by atoms with E-state index in [1.807, 2.05) is 0 Å². The van der Waals surface area contributed by atoms with Crippen molar-refractivity contribution < 1.29 is 13.6 Å². The summed E-state index contributed by atoms with van der Waals surface area (Å²) in [5.74, 6) is -0.110. The zero-order valence-electron chi connectivity index (χ0n) is 10.5. The first-order valence-electron chi connectivity index (χ1n) is 5.68. The van der Waals surface area contributed by atoms with E-state index in [2.05, 4.69) is 9.88 Å². The minimum Gasteiger partial charge on any atom is -0.409 e. The summed E-state index contributed by atoms with van der Waals surface area (Å²) in [4.78, 5) is 0. The van der Waals surface area contributed by atoms with Gasteiger partial charge in [0, 0.05) is 12.0 Å². The van der Waals surface area contributed by atoms with Crippen LogP contribution in [0.5, 0.6) is 0 Å². The van der Waals surface area contributed by atoms with Gasteiger partial charge in [-0.2, -0.15) is 0 Å². The summed E-state index contributed by atoms with van der Waals surface area (Å²) >= 11 is 0. The van der Waals surface area contributed by atoms with Crippen LogP contribution >= 0.6 is 0 Å². The Balaban J connectivity index is 2.82. The summed E-state index contributed by atoms with van der Waals surface area (Å²) < 4.78 is 25.8. The summed E-state index contributed by atoms with van der Waals surface area (Å²) in [6.07, 6.45) is 2.33. The number of nitrogens with one attached hydrogen (secondary N) is 1. The standard InChI is InChI=1S/C10H21N3O3S/c1-10(2,3)17(15,16)13-8-6-4-5-7(8)9(11)12-14/h7-8,13-14H,4-6H2,1-3H3,(H2,11,12). The summed E-state index contributed by atoms with van der Waals surface area (Å²) in [7, 11) is -3.40. The Labute approximate surface area is 102 Å². The number of nitrogens with zero attached hydrogens (tertiary/aromatic N) is 1. The molecule has 0 aromatic rings. The fourth-order valence-corrected chi connectivity index (χ4v) is 2.94. The van der Waals surface area contributed by atoms with Gasteiger partial charge >= 0.3 is 0 Å². The first-order chi connectivity index (χ1) is 7.69. The van der Waals surface area contributed by atoms with Crippen LogP contribution in [0.2, 0.25) is 0 Å². The fraction of sp³-hybridized carbons (Fsp3) is 0.900. The van der Waals surface area contributed by atoms with Crippen molar-refractivity contribution in [1.82, 2.24) is 4.72 Å². The molecule has 0 aromatic heterocycles. The van der Waals surface area contributed by atoms with E-state index in [4.69, 9.17) is 10.9 Å². The van der Waals surface area contributed by atoms with Crippen molar-refractivity contribution in [2.24, 2.45) is 16.8 Å². The molecule has 1 rings (SSSR count). The van der Waals surface area contributed by atoms with Gasteiger partial charge in [0.05, 0.1) is 4.75 Å². The molecule has 1 fully saturated rings. The van der Waals surface area contributed by atoms with Crippen LogP contribution in [0.1, 0.15) is 40.0 Å². The molecule has 2 atom stereocenters. The molecular weight excluding hydrogens is 242 g/mol. The van der Waals surface area contributed by atoms with E-state index < -0.39 is 14.8 Å². The average Bonchev–Trinajstić information content (AvgIpc) is 2.62. The lowest BCUT2D eigenvalue weighted by atomic mass is 10.0. The van der Waals surface area contributed by atoms with E-state index >= 15 is 0 Å². The minimum atomic E-state index is -3.40. The largest absolute Gasteiger partial charge is 0.409 e. The molecule has 0 aliphatic heterocycles. The molecule has 4 N–H and O–H groups in total. The Morgan fingerprint density at radius 3 is 2.47 bits per heavy atom. The summed E-state index contributed by atoms with van der Waals surface area (Å²) in [5.41, 5.74) is 5.56. The van der Waals surface area contributed by atoms with Gasteiger partial charge in [0.15, 0.2) is 0 Å². The molecule has 0 heterocycles. The zero-order chi connectivity index (χ0) is 13.3. The van der Waals surface area contributed by atoms with E-state index in [0.29, 0.717) is 0 Å². The maximum absolute atomic E-state index is 12.0. The molecule has 100 valence electrons. The van der Waals surface area contributed by atoms with Gasteiger partial charge in [-0.15, -0.1) is 0 Å². The molecular formula is C10H21N3O3S. The number of hydrogen-bond donors (Lipinski definition) is 3. The monoisotopic (exact) mass is 263 g/mol. The molecule has 1 aliphatic rings. The summed E-state index contributed by atoms with van der Waals surface area (Å²) in [6, 6.07) is -0.268. The number of hydrogen-bond acceptors (Lipinski definition) is 4. The fourth-order valence-electron chi connectivity index (χ4n) is 1.91. The van der Waals surface area contributed by atoms with Crippen molar-refractivity contribution in [3.63, 3.8) is 0 Å². The Hall–Kier alpha value is -0.820. The third-order valence-electron chi connectivity index (χ3n) is 3.12. The van der Waals surface area contributed by atoms with Crippen molar-refractivity contribution >= 4 is 15.9 Å². The highest BCUT2D eigenvalue weighted by Gasteiger charge is 2.37. The Bertz CT molecular complexity index is 398. The van der Waals surface area contributed by atoms with Crippen LogP contribution < -0.4 is 10.5 Å². The summed E-state index contributed by atoms with van der Waals surface area (Å²) in [5, 5.41) is 11.6. The third-order valence-corrected chi connectivity index (χ3v) is 5.35. The van der Waals surface area contributed by atoms with Gasteiger partial charge in [-0.1, -0.05) is 11.6 Å². The van der Waals surface area contributed by atoms with E-state index in [-0.39, 0.29) is 17.8 Å². The van der Waals surface area contributed by atoms with Gasteiger partial charge < -0.3 is 10.9 Å². The normalized spacial score (nSPS) is 27.4. The topological polar surface area (TPSA) is 105 Å². The number of sulfonamides is 1. The predicted octanol–water partition coefficient (Wildman–Crippen LogP) is 0.619. The van der Waals surface area contributed by atoms with Crippen LogP contribution in [-0.2, 0) is 10.0 Å². The average molecular weight is 263 g/mol. The quantitative estimate of drug-likeness (QED) is 0.300. The van der Waals surface area contributed by atoms with Crippen LogP contribution in [-0.4, -0.2) is 30.2 Å². The van der Waals surface area contributed by atoms with Crippen molar-refractivity contribution in [2.75, 3.05) is 0 Å². The second kappa shape index (κ2) is 4.81. The maximum Gasteiger partial charge on any atom is 0.216 e. The molecule has 0 amide bonds.